The number of aromatic nitrogens is 1. The zero-order valence-corrected chi connectivity index (χ0v) is 10.2. The van der Waals surface area contributed by atoms with Gasteiger partial charge in [0.15, 0.2) is 0 Å². The van der Waals surface area contributed by atoms with Gasteiger partial charge in [-0.15, -0.1) is 11.3 Å². The predicted octanol–water partition coefficient (Wildman–Crippen LogP) is 3.10. The monoisotopic (exact) mass is 231 g/mol. The molecule has 0 aliphatic heterocycles. The Hall–Kier alpha value is -0.0600. The molecule has 4 heteroatoms. The van der Waals surface area contributed by atoms with Crippen LogP contribution in [0.1, 0.15) is 31.4 Å². The maximum atomic E-state index is 8.59. The predicted molar refractivity (Wildman–Crippen MR) is 63.1 cm³/mol. The first-order valence-electron chi connectivity index (χ1n) is 4.98. The van der Waals surface area contributed by atoms with Gasteiger partial charge in [-0.1, -0.05) is 24.6 Å². The highest BCUT2D eigenvalue weighted by molar-refractivity contribution is 8.00. The largest absolute Gasteiger partial charge is 0.396 e. The lowest BCUT2D eigenvalue weighted by molar-refractivity contribution is 0.283. The summed E-state index contributed by atoms with van der Waals surface area (Å²) in [5, 5.41) is 10.7. The van der Waals surface area contributed by atoms with E-state index in [1.54, 1.807) is 11.3 Å². The van der Waals surface area contributed by atoms with Crippen molar-refractivity contribution in [1.29, 1.82) is 0 Å². The molecule has 0 amide bonds. The minimum absolute atomic E-state index is 0.332. The van der Waals surface area contributed by atoms with Gasteiger partial charge in [-0.3, -0.25) is 0 Å². The number of thiazole rings is 1. The molecule has 0 spiro atoms. The average Bonchev–Trinajstić information content (AvgIpc) is 2.58. The van der Waals surface area contributed by atoms with E-state index in [-0.39, 0.29) is 0 Å². The molecule has 0 saturated carbocycles. The smallest absolute Gasteiger partial charge is 0.150 e. The molecule has 0 aliphatic rings. The fourth-order valence-electron chi connectivity index (χ4n) is 1.13. The van der Waals surface area contributed by atoms with E-state index in [2.05, 4.69) is 10.4 Å². The van der Waals surface area contributed by atoms with Crippen molar-refractivity contribution in [3.8, 4) is 0 Å². The molecule has 1 rings (SSSR count). The Balaban J connectivity index is 1.99. The van der Waals surface area contributed by atoms with Crippen LogP contribution in [0.2, 0.25) is 0 Å². The van der Waals surface area contributed by atoms with Crippen LogP contribution < -0.4 is 0 Å². The first kappa shape index (κ1) is 12.0. The van der Waals surface area contributed by atoms with Gasteiger partial charge < -0.3 is 5.11 Å². The van der Waals surface area contributed by atoms with Gasteiger partial charge in [-0.25, -0.2) is 4.98 Å². The fraction of sp³-hybridized carbons (Fsp3) is 0.700. The number of hydrogen-bond acceptors (Lipinski definition) is 4. The molecule has 0 unspecified atom stereocenters. The topological polar surface area (TPSA) is 33.1 Å². The van der Waals surface area contributed by atoms with E-state index >= 15 is 0 Å². The van der Waals surface area contributed by atoms with Gasteiger partial charge in [0.25, 0.3) is 0 Å². The molecule has 0 atom stereocenters. The van der Waals surface area contributed by atoms with Crippen molar-refractivity contribution in [2.24, 2.45) is 0 Å². The number of rotatable bonds is 7. The number of aliphatic hydroxyl groups is 1. The molecular weight excluding hydrogens is 214 g/mol. The molecule has 2 nitrogen and oxygen atoms in total. The number of unbranched alkanes of at least 4 members (excludes halogenated alkanes) is 3. The zero-order valence-electron chi connectivity index (χ0n) is 8.53. The quantitative estimate of drug-likeness (QED) is 0.578. The normalized spacial score (nSPS) is 10.7. The van der Waals surface area contributed by atoms with E-state index in [0.29, 0.717) is 6.61 Å². The highest BCUT2D eigenvalue weighted by Gasteiger charge is 1.98. The highest BCUT2D eigenvalue weighted by atomic mass is 32.2. The summed E-state index contributed by atoms with van der Waals surface area (Å²) >= 11 is 3.57. The number of thioether (sulfide) groups is 1. The van der Waals surface area contributed by atoms with E-state index in [0.717, 1.165) is 24.3 Å². The fourth-order valence-corrected chi connectivity index (χ4v) is 3.04. The van der Waals surface area contributed by atoms with Crippen LogP contribution in [0, 0.1) is 6.92 Å². The molecule has 0 bridgehead atoms. The van der Waals surface area contributed by atoms with Gasteiger partial charge in [0.1, 0.15) is 4.34 Å². The third-order valence-electron chi connectivity index (χ3n) is 1.88. The lowest BCUT2D eigenvalue weighted by Crippen LogP contribution is -1.85. The Morgan fingerprint density at radius 2 is 2.14 bits per heavy atom. The second-order valence-electron chi connectivity index (χ2n) is 3.24. The molecule has 0 fully saturated rings. The summed E-state index contributed by atoms with van der Waals surface area (Å²) in [7, 11) is 0. The third kappa shape index (κ3) is 4.98. The van der Waals surface area contributed by atoms with Gasteiger partial charge in [0.2, 0.25) is 0 Å². The molecule has 0 radical (unpaired) electrons. The SMILES string of the molecule is Cc1csc(SCCCCCCO)n1. The van der Waals surface area contributed by atoms with Crippen molar-refractivity contribution in [1.82, 2.24) is 4.98 Å². The van der Waals surface area contributed by atoms with Crippen LogP contribution in [-0.4, -0.2) is 22.5 Å². The van der Waals surface area contributed by atoms with E-state index in [9.17, 15) is 0 Å². The van der Waals surface area contributed by atoms with Gasteiger partial charge in [-0.05, 0) is 19.8 Å². The zero-order chi connectivity index (χ0) is 10.2. The Bertz CT molecular complexity index is 250. The Kier molecular flexibility index (Phi) is 6.23. The Morgan fingerprint density at radius 3 is 2.79 bits per heavy atom. The van der Waals surface area contributed by atoms with Crippen molar-refractivity contribution in [3.63, 3.8) is 0 Å². The van der Waals surface area contributed by atoms with Crippen molar-refractivity contribution < 1.29 is 5.11 Å². The van der Waals surface area contributed by atoms with Gasteiger partial charge in [0, 0.05) is 23.4 Å². The molecule has 1 aromatic heterocycles. The van der Waals surface area contributed by atoms with E-state index < -0.39 is 0 Å². The summed E-state index contributed by atoms with van der Waals surface area (Å²) < 4.78 is 1.18. The minimum atomic E-state index is 0.332. The van der Waals surface area contributed by atoms with Crippen molar-refractivity contribution in [2.45, 2.75) is 36.9 Å². The number of nitrogens with zero attached hydrogens (tertiary/aromatic N) is 1. The van der Waals surface area contributed by atoms with Crippen LogP contribution in [0.5, 0.6) is 0 Å². The summed E-state index contributed by atoms with van der Waals surface area (Å²) in [5.41, 5.74) is 1.12. The summed E-state index contributed by atoms with van der Waals surface area (Å²) in [6, 6.07) is 0. The van der Waals surface area contributed by atoms with Crippen molar-refractivity contribution in [3.05, 3.63) is 11.1 Å². The van der Waals surface area contributed by atoms with Crippen LogP contribution in [0.3, 0.4) is 0 Å². The molecule has 1 N–H and O–H groups in total. The maximum absolute atomic E-state index is 8.59. The van der Waals surface area contributed by atoms with Gasteiger partial charge >= 0.3 is 0 Å². The van der Waals surface area contributed by atoms with Gasteiger partial charge in [-0.2, -0.15) is 0 Å². The van der Waals surface area contributed by atoms with Crippen LogP contribution >= 0.6 is 23.1 Å². The molecule has 1 heterocycles. The number of hydrogen-bond donors (Lipinski definition) is 1. The average molecular weight is 231 g/mol. The lowest BCUT2D eigenvalue weighted by Gasteiger charge is -1.97. The molecule has 0 aromatic carbocycles. The Morgan fingerprint density at radius 1 is 1.36 bits per heavy atom. The molecular formula is C10H17NOS2. The van der Waals surface area contributed by atoms with Crippen LogP contribution in [-0.2, 0) is 0 Å². The molecule has 14 heavy (non-hydrogen) atoms. The van der Waals surface area contributed by atoms with Crippen molar-refractivity contribution in [2.75, 3.05) is 12.4 Å². The summed E-state index contributed by atoms with van der Waals surface area (Å²) in [5.74, 6) is 1.15. The minimum Gasteiger partial charge on any atom is -0.396 e. The second-order valence-corrected chi connectivity index (χ2v) is 5.44. The van der Waals surface area contributed by atoms with E-state index in [1.807, 2.05) is 18.7 Å². The summed E-state index contributed by atoms with van der Waals surface area (Å²) in [6.07, 6.45) is 4.54. The van der Waals surface area contributed by atoms with E-state index in [1.165, 1.54) is 17.2 Å². The Labute approximate surface area is 93.8 Å². The highest BCUT2D eigenvalue weighted by Crippen LogP contribution is 2.23. The van der Waals surface area contributed by atoms with Crippen LogP contribution in [0.4, 0.5) is 0 Å². The summed E-state index contributed by atoms with van der Waals surface area (Å²) in [4.78, 5) is 4.39. The number of aliphatic hydroxyl groups excluding tert-OH is 1. The second kappa shape index (κ2) is 7.26. The molecule has 0 aliphatic carbocycles. The van der Waals surface area contributed by atoms with E-state index in [4.69, 9.17) is 5.11 Å². The number of aryl methyl sites for hydroxylation is 1. The molecule has 0 saturated heterocycles. The molecule has 1 aromatic rings. The molecule has 80 valence electrons. The maximum Gasteiger partial charge on any atom is 0.150 e. The van der Waals surface area contributed by atoms with Crippen LogP contribution in [0.15, 0.2) is 9.72 Å². The lowest BCUT2D eigenvalue weighted by atomic mass is 10.2. The first-order valence-corrected chi connectivity index (χ1v) is 6.85. The summed E-state index contributed by atoms with van der Waals surface area (Å²) in [6.45, 7) is 2.36. The first-order chi connectivity index (χ1) is 6.83. The van der Waals surface area contributed by atoms with Gasteiger partial charge in [0.05, 0.1) is 0 Å². The van der Waals surface area contributed by atoms with Crippen LogP contribution in [0.25, 0.3) is 0 Å². The van der Waals surface area contributed by atoms with Crippen molar-refractivity contribution >= 4 is 23.1 Å². The third-order valence-corrected chi connectivity index (χ3v) is 4.10. The standard InChI is InChI=1S/C10H17NOS2/c1-9-8-14-10(11-9)13-7-5-3-2-4-6-12/h8,12H,2-7H2,1H3.